The highest BCUT2D eigenvalue weighted by Crippen LogP contribution is 2.33. The molecule has 4 nitrogen and oxygen atoms in total. The zero-order valence-corrected chi connectivity index (χ0v) is 10.8. The number of rotatable bonds is 6. The normalized spacial score (nSPS) is 12.3. The predicted molar refractivity (Wildman–Crippen MR) is 65.8 cm³/mol. The quantitative estimate of drug-likeness (QED) is 0.825. The van der Waals surface area contributed by atoms with Crippen molar-refractivity contribution in [2.75, 3.05) is 27.9 Å². The molecule has 0 amide bonds. The van der Waals surface area contributed by atoms with E-state index in [1.165, 1.54) is 0 Å². The van der Waals surface area contributed by atoms with Crippen LogP contribution < -0.4 is 9.47 Å². The number of aliphatic hydroxyl groups is 1. The van der Waals surface area contributed by atoms with Crippen molar-refractivity contribution in [2.45, 2.75) is 19.4 Å². The molecule has 0 aromatic heterocycles. The molecule has 0 fully saturated rings. The topological polar surface area (TPSA) is 47.9 Å². The van der Waals surface area contributed by atoms with Gasteiger partial charge in [0.15, 0.2) is 0 Å². The lowest BCUT2D eigenvalue weighted by molar-refractivity contribution is 0.181. The second-order valence-corrected chi connectivity index (χ2v) is 3.92. The number of hydrogen-bond acceptors (Lipinski definition) is 4. The van der Waals surface area contributed by atoms with Gasteiger partial charge < -0.3 is 19.3 Å². The monoisotopic (exact) mass is 240 g/mol. The van der Waals surface area contributed by atoms with Crippen LogP contribution in [-0.4, -0.2) is 33.0 Å². The first-order valence-corrected chi connectivity index (χ1v) is 5.52. The van der Waals surface area contributed by atoms with Crippen molar-refractivity contribution < 1.29 is 19.3 Å². The van der Waals surface area contributed by atoms with Gasteiger partial charge in [0.1, 0.15) is 11.5 Å². The standard InChI is InChI=1S/C13H20O4/c1-9(7-14)11-6-12(16-3)10(8-15-2)5-13(11)17-4/h5-6,9,14H,7-8H2,1-4H3. The summed E-state index contributed by atoms with van der Waals surface area (Å²) in [5.41, 5.74) is 1.87. The van der Waals surface area contributed by atoms with E-state index in [1.807, 2.05) is 19.1 Å². The molecule has 0 radical (unpaired) electrons. The molecule has 96 valence electrons. The molecule has 1 N–H and O–H groups in total. The van der Waals surface area contributed by atoms with E-state index in [0.29, 0.717) is 6.61 Å². The van der Waals surface area contributed by atoms with Crippen molar-refractivity contribution in [3.05, 3.63) is 23.3 Å². The molecule has 0 aliphatic heterocycles. The van der Waals surface area contributed by atoms with Gasteiger partial charge in [-0.2, -0.15) is 0 Å². The molecule has 1 rings (SSSR count). The maximum atomic E-state index is 9.22. The molecule has 1 unspecified atom stereocenters. The summed E-state index contributed by atoms with van der Waals surface area (Å²) in [4.78, 5) is 0. The Bertz CT molecular complexity index is 363. The fourth-order valence-corrected chi connectivity index (χ4v) is 1.74. The van der Waals surface area contributed by atoms with E-state index in [4.69, 9.17) is 14.2 Å². The smallest absolute Gasteiger partial charge is 0.124 e. The van der Waals surface area contributed by atoms with Crippen molar-refractivity contribution in [2.24, 2.45) is 0 Å². The van der Waals surface area contributed by atoms with E-state index in [2.05, 4.69) is 0 Å². The summed E-state index contributed by atoms with van der Waals surface area (Å²) in [6.45, 7) is 2.48. The van der Waals surface area contributed by atoms with Gasteiger partial charge in [-0.1, -0.05) is 6.92 Å². The highest BCUT2D eigenvalue weighted by Gasteiger charge is 2.15. The third-order valence-corrected chi connectivity index (χ3v) is 2.74. The summed E-state index contributed by atoms with van der Waals surface area (Å²) >= 11 is 0. The number of ether oxygens (including phenoxy) is 3. The maximum Gasteiger partial charge on any atom is 0.124 e. The number of methoxy groups -OCH3 is 3. The zero-order valence-electron chi connectivity index (χ0n) is 10.8. The highest BCUT2D eigenvalue weighted by atomic mass is 16.5. The number of hydrogen-bond donors (Lipinski definition) is 1. The summed E-state index contributed by atoms with van der Waals surface area (Å²) < 4.78 is 15.8. The van der Waals surface area contributed by atoms with E-state index in [0.717, 1.165) is 22.6 Å². The van der Waals surface area contributed by atoms with Crippen LogP contribution in [0.3, 0.4) is 0 Å². The third kappa shape index (κ3) is 3.11. The highest BCUT2D eigenvalue weighted by molar-refractivity contribution is 5.47. The van der Waals surface area contributed by atoms with Gasteiger partial charge in [-0.25, -0.2) is 0 Å². The summed E-state index contributed by atoms with van der Waals surface area (Å²) in [6, 6.07) is 3.79. The van der Waals surface area contributed by atoms with E-state index >= 15 is 0 Å². The molecule has 0 aliphatic carbocycles. The lowest BCUT2D eigenvalue weighted by atomic mass is 9.98. The van der Waals surface area contributed by atoms with Crippen LogP contribution in [0.1, 0.15) is 24.0 Å². The first kappa shape index (κ1) is 13.8. The van der Waals surface area contributed by atoms with Crippen LogP contribution in [0.2, 0.25) is 0 Å². The predicted octanol–water partition coefficient (Wildman–Crippen LogP) is 1.95. The van der Waals surface area contributed by atoms with Gasteiger partial charge in [0.25, 0.3) is 0 Å². The number of aliphatic hydroxyl groups excluding tert-OH is 1. The molecule has 0 heterocycles. The van der Waals surface area contributed by atoms with Gasteiger partial charge in [-0.05, 0) is 12.1 Å². The minimum Gasteiger partial charge on any atom is -0.496 e. The Morgan fingerprint density at radius 3 is 2.24 bits per heavy atom. The fourth-order valence-electron chi connectivity index (χ4n) is 1.74. The Kier molecular flexibility index (Phi) is 5.25. The van der Waals surface area contributed by atoms with Crippen molar-refractivity contribution >= 4 is 0 Å². The first-order valence-electron chi connectivity index (χ1n) is 5.52. The summed E-state index contributed by atoms with van der Waals surface area (Å²) in [5, 5.41) is 9.22. The van der Waals surface area contributed by atoms with Crippen LogP contribution >= 0.6 is 0 Å². The Balaban J connectivity index is 3.22. The zero-order chi connectivity index (χ0) is 12.8. The molecule has 4 heteroatoms. The summed E-state index contributed by atoms with van der Waals surface area (Å²) in [5.74, 6) is 1.51. The van der Waals surface area contributed by atoms with Gasteiger partial charge in [-0.15, -0.1) is 0 Å². The van der Waals surface area contributed by atoms with Crippen LogP contribution in [0.4, 0.5) is 0 Å². The average molecular weight is 240 g/mol. The van der Waals surface area contributed by atoms with Gasteiger partial charge in [0.2, 0.25) is 0 Å². The molecule has 0 saturated carbocycles. The maximum absolute atomic E-state index is 9.22. The van der Waals surface area contributed by atoms with Gasteiger partial charge in [0, 0.05) is 30.8 Å². The van der Waals surface area contributed by atoms with Crippen LogP contribution in [0.15, 0.2) is 12.1 Å². The van der Waals surface area contributed by atoms with Crippen LogP contribution in [0.25, 0.3) is 0 Å². The van der Waals surface area contributed by atoms with Crippen molar-refractivity contribution in [3.8, 4) is 11.5 Å². The van der Waals surface area contributed by atoms with Crippen LogP contribution in [0, 0.1) is 0 Å². The van der Waals surface area contributed by atoms with Crippen LogP contribution in [-0.2, 0) is 11.3 Å². The number of benzene rings is 1. The third-order valence-electron chi connectivity index (χ3n) is 2.74. The lowest BCUT2D eigenvalue weighted by Gasteiger charge is -2.17. The molecule has 1 atom stereocenters. The lowest BCUT2D eigenvalue weighted by Crippen LogP contribution is -2.04. The molecule has 0 spiro atoms. The first-order chi connectivity index (χ1) is 8.17. The molecular formula is C13H20O4. The van der Waals surface area contributed by atoms with Gasteiger partial charge in [-0.3, -0.25) is 0 Å². The molecule has 0 aliphatic rings. The van der Waals surface area contributed by atoms with E-state index < -0.39 is 0 Å². The van der Waals surface area contributed by atoms with Crippen molar-refractivity contribution in [3.63, 3.8) is 0 Å². The SMILES string of the molecule is COCc1cc(OC)c(C(C)CO)cc1OC. The Morgan fingerprint density at radius 1 is 1.12 bits per heavy atom. The van der Waals surface area contributed by atoms with E-state index in [-0.39, 0.29) is 12.5 Å². The minimum atomic E-state index is 0.00967. The molecule has 1 aromatic carbocycles. The van der Waals surface area contributed by atoms with Crippen molar-refractivity contribution in [1.29, 1.82) is 0 Å². The molecular weight excluding hydrogens is 220 g/mol. The van der Waals surface area contributed by atoms with Gasteiger partial charge >= 0.3 is 0 Å². The summed E-state index contributed by atoms with van der Waals surface area (Å²) in [6.07, 6.45) is 0. The minimum absolute atomic E-state index is 0.00967. The molecule has 1 aromatic rings. The summed E-state index contributed by atoms with van der Waals surface area (Å²) in [7, 11) is 4.87. The molecule has 17 heavy (non-hydrogen) atoms. The van der Waals surface area contributed by atoms with E-state index in [9.17, 15) is 5.11 Å². The molecule has 0 saturated heterocycles. The second-order valence-electron chi connectivity index (χ2n) is 3.92. The van der Waals surface area contributed by atoms with Crippen molar-refractivity contribution in [1.82, 2.24) is 0 Å². The van der Waals surface area contributed by atoms with Gasteiger partial charge in [0.05, 0.1) is 20.8 Å². The molecule has 0 bridgehead atoms. The Labute approximate surface area is 102 Å². The van der Waals surface area contributed by atoms with E-state index in [1.54, 1.807) is 21.3 Å². The average Bonchev–Trinajstić information content (AvgIpc) is 2.37. The fraction of sp³-hybridized carbons (Fsp3) is 0.538. The Morgan fingerprint density at radius 2 is 1.76 bits per heavy atom. The van der Waals surface area contributed by atoms with Crippen LogP contribution in [0.5, 0.6) is 11.5 Å². The Hall–Kier alpha value is -1.26. The largest absolute Gasteiger partial charge is 0.496 e. The second kappa shape index (κ2) is 6.47.